The molecule has 1 N–H and O–H groups in total. The van der Waals surface area contributed by atoms with Crippen molar-refractivity contribution in [2.45, 2.75) is 13.8 Å². The summed E-state index contributed by atoms with van der Waals surface area (Å²) in [5.74, 6) is 3.63. The van der Waals surface area contributed by atoms with Gasteiger partial charge in [-0.2, -0.15) is 0 Å². The number of nitrogens with one attached hydrogen (secondary N) is 1. The van der Waals surface area contributed by atoms with Crippen LogP contribution in [0.15, 0.2) is 12.1 Å². The van der Waals surface area contributed by atoms with Crippen LogP contribution in [-0.2, 0) is 0 Å². The van der Waals surface area contributed by atoms with E-state index in [1.165, 1.54) is 19.1 Å². The van der Waals surface area contributed by atoms with Crippen LogP contribution in [0.4, 0.5) is 8.78 Å². The molecule has 0 spiro atoms. The average molecular weight is 209 g/mol. The summed E-state index contributed by atoms with van der Waals surface area (Å²) in [4.78, 5) is 0. The molecule has 0 bridgehead atoms. The van der Waals surface area contributed by atoms with Crippen molar-refractivity contribution in [3.8, 4) is 11.8 Å². The van der Waals surface area contributed by atoms with Crippen LogP contribution in [0.1, 0.15) is 18.1 Å². The molecule has 0 unspecified atom stereocenters. The maximum absolute atomic E-state index is 13.3. The van der Waals surface area contributed by atoms with Crippen molar-refractivity contribution in [3.05, 3.63) is 34.9 Å². The predicted octanol–water partition coefficient (Wildman–Crippen LogP) is 2.23. The Morgan fingerprint density at radius 1 is 1.27 bits per heavy atom. The molecule has 1 rings (SSSR count). The Morgan fingerprint density at radius 2 is 2.00 bits per heavy atom. The Kier molecular flexibility index (Phi) is 4.26. The van der Waals surface area contributed by atoms with Gasteiger partial charge in [0, 0.05) is 0 Å². The molecule has 0 aliphatic rings. The summed E-state index contributed by atoms with van der Waals surface area (Å²) < 4.78 is 26.4. The number of hydrogen-bond donors (Lipinski definition) is 1. The third kappa shape index (κ3) is 3.03. The monoisotopic (exact) mass is 209 g/mol. The summed E-state index contributed by atoms with van der Waals surface area (Å²) in [6, 6.07) is 3.02. The summed E-state index contributed by atoms with van der Waals surface area (Å²) >= 11 is 0. The lowest BCUT2D eigenvalue weighted by atomic mass is 10.1. The van der Waals surface area contributed by atoms with Gasteiger partial charge in [-0.1, -0.05) is 24.8 Å². The van der Waals surface area contributed by atoms with Crippen LogP contribution in [0, 0.1) is 30.4 Å². The van der Waals surface area contributed by atoms with Crippen LogP contribution in [0.2, 0.25) is 0 Å². The molecule has 1 aromatic rings. The lowest BCUT2D eigenvalue weighted by Gasteiger charge is -1.99. The van der Waals surface area contributed by atoms with Crippen molar-refractivity contribution in [3.63, 3.8) is 0 Å². The van der Waals surface area contributed by atoms with Crippen LogP contribution in [0.25, 0.3) is 0 Å². The summed E-state index contributed by atoms with van der Waals surface area (Å²) in [6.45, 7) is 4.76. The van der Waals surface area contributed by atoms with Crippen LogP contribution >= 0.6 is 0 Å². The third-order valence-corrected chi connectivity index (χ3v) is 1.96. The Morgan fingerprint density at radius 3 is 2.67 bits per heavy atom. The molecule has 15 heavy (non-hydrogen) atoms. The molecular formula is C12H13F2N. The first-order valence-corrected chi connectivity index (χ1v) is 4.81. The van der Waals surface area contributed by atoms with Crippen LogP contribution in [-0.4, -0.2) is 13.1 Å². The Labute approximate surface area is 88.5 Å². The van der Waals surface area contributed by atoms with Gasteiger partial charge in [0.2, 0.25) is 0 Å². The SMILES string of the molecule is CCNCC#Cc1ccc(C)c(F)c1F. The second-order valence-corrected chi connectivity index (χ2v) is 3.14. The van der Waals surface area contributed by atoms with Gasteiger partial charge in [0.25, 0.3) is 0 Å². The fourth-order valence-electron chi connectivity index (χ4n) is 1.07. The molecule has 80 valence electrons. The minimum Gasteiger partial charge on any atom is -0.306 e. The van der Waals surface area contributed by atoms with E-state index in [0.717, 1.165) is 6.54 Å². The number of hydrogen-bond acceptors (Lipinski definition) is 1. The van der Waals surface area contributed by atoms with Gasteiger partial charge in [-0.15, -0.1) is 0 Å². The average Bonchev–Trinajstić information content (AvgIpc) is 2.24. The molecule has 1 nitrogen and oxygen atoms in total. The summed E-state index contributed by atoms with van der Waals surface area (Å²) in [7, 11) is 0. The lowest BCUT2D eigenvalue weighted by molar-refractivity contribution is 0.501. The highest BCUT2D eigenvalue weighted by Crippen LogP contribution is 2.14. The van der Waals surface area contributed by atoms with Crippen molar-refractivity contribution < 1.29 is 8.78 Å². The standard InChI is InChI=1S/C12H13F2N/c1-3-15-8-4-5-10-7-6-9(2)11(13)12(10)14/h6-7,15H,3,8H2,1-2H3. The third-order valence-electron chi connectivity index (χ3n) is 1.96. The van der Waals surface area contributed by atoms with E-state index in [2.05, 4.69) is 17.2 Å². The predicted molar refractivity (Wildman–Crippen MR) is 56.5 cm³/mol. The molecule has 0 saturated carbocycles. The Hall–Kier alpha value is -1.40. The van der Waals surface area contributed by atoms with Gasteiger partial charge in [0.1, 0.15) is 0 Å². The van der Waals surface area contributed by atoms with E-state index in [0.29, 0.717) is 12.1 Å². The van der Waals surface area contributed by atoms with Gasteiger partial charge in [-0.3, -0.25) is 0 Å². The first-order valence-electron chi connectivity index (χ1n) is 4.81. The lowest BCUT2D eigenvalue weighted by Crippen LogP contribution is -2.12. The molecule has 0 aliphatic carbocycles. The molecule has 0 saturated heterocycles. The molecule has 0 amide bonds. The van der Waals surface area contributed by atoms with Crippen molar-refractivity contribution >= 4 is 0 Å². The van der Waals surface area contributed by atoms with Crippen molar-refractivity contribution in [2.24, 2.45) is 0 Å². The van der Waals surface area contributed by atoms with E-state index in [1.807, 2.05) is 6.92 Å². The van der Waals surface area contributed by atoms with Crippen LogP contribution in [0.3, 0.4) is 0 Å². The minimum absolute atomic E-state index is 0.107. The topological polar surface area (TPSA) is 12.0 Å². The molecule has 3 heteroatoms. The van der Waals surface area contributed by atoms with E-state index in [-0.39, 0.29) is 5.56 Å². The minimum atomic E-state index is -0.862. The highest BCUT2D eigenvalue weighted by atomic mass is 19.2. The first-order chi connectivity index (χ1) is 7.16. The zero-order valence-corrected chi connectivity index (χ0v) is 8.82. The molecule has 0 aliphatic heterocycles. The largest absolute Gasteiger partial charge is 0.306 e. The van der Waals surface area contributed by atoms with E-state index in [9.17, 15) is 8.78 Å². The molecule has 0 heterocycles. The van der Waals surface area contributed by atoms with Crippen molar-refractivity contribution in [1.82, 2.24) is 5.32 Å². The maximum atomic E-state index is 13.3. The van der Waals surface area contributed by atoms with Crippen LogP contribution < -0.4 is 5.32 Å². The normalized spacial score (nSPS) is 9.60. The Bertz CT molecular complexity index is 402. The fraction of sp³-hybridized carbons (Fsp3) is 0.333. The van der Waals surface area contributed by atoms with Crippen molar-refractivity contribution in [2.75, 3.05) is 13.1 Å². The van der Waals surface area contributed by atoms with Gasteiger partial charge in [0.15, 0.2) is 11.6 Å². The number of rotatable bonds is 2. The smallest absolute Gasteiger partial charge is 0.174 e. The second kappa shape index (κ2) is 5.47. The van der Waals surface area contributed by atoms with Gasteiger partial charge < -0.3 is 5.32 Å². The number of halogens is 2. The van der Waals surface area contributed by atoms with Gasteiger partial charge >= 0.3 is 0 Å². The first kappa shape index (κ1) is 11.7. The van der Waals surface area contributed by atoms with Crippen LogP contribution in [0.5, 0.6) is 0 Å². The molecule has 0 fully saturated rings. The van der Waals surface area contributed by atoms with Gasteiger partial charge in [-0.05, 0) is 25.1 Å². The second-order valence-electron chi connectivity index (χ2n) is 3.14. The molecule has 1 aromatic carbocycles. The molecular weight excluding hydrogens is 196 g/mol. The maximum Gasteiger partial charge on any atom is 0.174 e. The number of aryl methyl sites for hydroxylation is 1. The summed E-state index contributed by atoms with van der Waals surface area (Å²) in [5.41, 5.74) is 0.403. The molecule has 0 aromatic heterocycles. The highest BCUT2D eigenvalue weighted by molar-refractivity contribution is 5.38. The number of benzene rings is 1. The van der Waals surface area contributed by atoms with Gasteiger partial charge in [0.05, 0.1) is 12.1 Å². The fourth-order valence-corrected chi connectivity index (χ4v) is 1.07. The summed E-state index contributed by atoms with van der Waals surface area (Å²) in [6.07, 6.45) is 0. The summed E-state index contributed by atoms with van der Waals surface area (Å²) in [5, 5.41) is 2.97. The quantitative estimate of drug-likeness (QED) is 0.582. The van der Waals surface area contributed by atoms with E-state index < -0.39 is 11.6 Å². The molecule has 0 radical (unpaired) electrons. The zero-order chi connectivity index (χ0) is 11.3. The van der Waals surface area contributed by atoms with E-state index >= 15 is 0 Å². The highest BCUT2D eigenvalue weighted by Gasteiger charge is 2.08. The van der Waals surface area contributed by atoms with E-state index in [4.69, 9.17) is 0 Å². The van der Waals surface area contributed by atoms with Gasteiger partial charge in [-0.25, -0.2) is 8.78 Å². The Balaban J connectivity index is 2.85. The molecule has 0 atom stereocenters. The van der Waals surface area contributed by atoms with Crippen molar-refractivity contribution in [1.29, 1.82) is 0 Å². The zero-order valence-electron chi connectivity index (χ0n) is 8.82. The van der Waals surface area contributed by atoms with E-state index in [1.54, 1.807) is 0 Å².